The minimum Gasteiger partial charge on any atom is -0.384 e. The number of pyridine rings is 1. The van der Waals surface area contributed by atoms with Gasteiger partial charge in [-0.2, -0.15) is 0 Å². The molecule has 1 amide bonds. The standard InChI is InChI=1S/C13H20N4O/c1-11(18)17-6-2-5-16(7-8-17)10-12-3-4-15-13(14)9-12/h3-4,9H,2,5-8,10H2,1H3,(H2,14,15). The summed E-state index contributed by atoms with van der Waals surface area (Å²) in [5.74, 6) is 0.734. The molecule has 1 fully saturated rings. The van der Waals surface area contributed by atoms with Crippen molar-refractivity contribution in [3.63, 3.8) is 0 Å². The van der Waals surface area contributed by atoms with E-state index in [0.717, 1.165) is 39.1 Å². The Morgan fingerprint density at radius 1 is 1.39 bits per heavy atom. The van der Waals surface area contributed by atoms with Crippen molar-refractivity contribution in [1.29, 1.82) is 0 Å². The molecule has 1 aliphatic rings. The van der Waals surface area contributed by atoms with Gasteiger partial charge in [0.25, 0.3) is 0 Å². The highest BCUT2D eigenvalue weighted by Crippen LogP contribution is 2.10. The Balaban J connectivity index is 1.92. The lowest BCUT2D eigenvalue weighted by molar-refractivity contribution is -0.128. The number of hydrogen-bond donors (Lipinski definition) is 1. The van der Waals surface area contributed by atoms with Crippen molar-refractivity contribution in [1.82, 2.24) is 14.8 Å². The van der Waals surface area contributed by atoms with E-state index < -0.39 is 0 Å². The van der Waals surface area contributed by atoms with Crippen molar-refractivity contribution in [2.45, 2.75) is 19.9 Å². The zero-order valence-electron chi connectivity index (χ0n) is 10.8. The van der Waals surface area contributed by atoms with Crippen LogP contribution in [0.25, 0.3) is 0 Å². The Bertz CT molecular complexity index is 421. The van der Waals surface area contributed by atoms with E-state index in [0.29, 0.717) is 5.82 Å². The number of amides is 1. The van der Waals surface area contributed by atoms with Crippen molar-refractivity contribution < 1.29 is 4.79 Å². The fourth-order valence-corrected chi connectivity index (χ4v) is 2.29. The first-order valence-electron chi connectivity index (χ1n) is 6.33. The SMILES string of the molecule is CC(=O)N1CCCN(Cc2ccnc(N)c2)CC1. The number of nitrogens with zero attached hydrogens (tertiary/aromatic N) is 3. The van der Waals surface area contributed by atoms with E-state index in [1.165, 1.54) is 5.56 Å². The molecule has 5 heteroatoms. The van der Waals surface area contributed by atoms with Crippen molar-refractivity contribution in [3.05, 3.63) is 23.9 Å². The van der Waals surface area contributed by atoms with Crippen LogP contribution in [0.3, 0.4) is 0 Å². The molecule has 98 valence electrons. The molecule has 0 saturated carbocycles. The van der Waals surface area contributed by atoms with E-state index in [9.17, 15) is 4.79 Å². The Kier molecular flexibility index (Phi) is 4.15. The third kappa shape index (κ3) is 3.43. The fraction of sp³-hybridized carbons (Fsp3) is 0.538. The van der Waals surface area contributed by atoms with Gasteiger partial charge in [-0.3, -0.25) is 9.69 Å². The molecule has 0 spiro atoms. The maximum absolute atomic E-state index is 11.3. The molecule has 18 heavy (non-hydrogen) atoms. The lowest BCUT2D eigenvalue weighted by Crippen LogP contribution is -2.33. The molecule has 1 aliphatic heterocycles. The highest BCUT2D eigenvalue weighted by atomic mass is 16.2. The molecule has 5 nitrogen and oxygen atoms in total. The van der Waals surface area contributed by atoms with E-state index in [4.69, 9.17) is 5.73 Å². The molecule has 2 rings (SSSR count). The molecular formula is C13H20N4O. The van der Waals surface area contributed by atoms with Crippen LogP contribution in [0.15, 0.2) is 18.3 Å². The summed E-state index contributed by atoms with van der Waals surface area (Å²) in [6.45, 7) is 6.13. The number of carbonyl (C=O) groups is 1. The van der Waals surface area contributed by atoms with E-state index in [2.05, 4.69) is 9.88 Å². The van der Waals surface area contributed by atoms with Crippen LogP contribution < -0.4 is 5.73 Å². The summed E-state index contributed by atoms with van der Waals surface area (Å²) in [6.07, 6.45) is 2.77. The van der Waals surface area contributed by atoms with Crippen molar-refractivity contribution >= 4 is 11.7 Å². The van der Waals surface area contributed by atoms with Gasteiger partial charge in [0.2, 0.25) is 5.91 Å². The van der Waals surface area contributed by atoms with Crippen molar-refractivity contribution in [2.24, 2.45) is 0 Å². The van der Waals surface area contributed by atoms with Gasteiger partial charge >= 0.3 is 0 Å². The van der Waals surface area contributed by atoms with Gasteiger partial charge in [-0.15, -0.1) is 0 Å². The zero-order valence-corrected chi connectivity index (χ0v) is 10.8. The smallest absolute Gasteiger partial charge is 0.219 e. The summed E-state index contributed by atoms with van der Waals surface area (Å²) in [5.41, 5.74) is 6.85. The predicted octanol–water partition coefficient (Wildman–Crippen LogP) is 0.718. The molecule has 0 aromatic carbocycles. The largest absolute Gasteiger partial charge is 0.384 e. The van der Waals surface area contributed by atoms with Gasteiger partial charge in [0.15, 0.2) is 0 Å². The van der Waals surface area contributed by atoms with Crippen molar-refractivity contribution in [3.8, 4) is 0 Å². The first kappa shape index (κ1) is 12.8. The van der Waals surface area contributed by atoms with Crippen LogP contribution >= 0.6 is 0 Å². The maximum atomic E-state index is 11.3. The minimum atomic E-state index is 0.171. The lowest BCUT2D eigenvalue weighted by atomic mass is 10.2. The average Bonchev–Trinajstić information content (AvgIpc) is 2.55. The van der Waals surface area contributed by atoms with Crippen LogP contribution in [-0.2, 0) is 11.3 Å². The molecule has 1 aromatic heterocycles. The molecule has 2 N–H and O–H groups in total. The van der Waals surface area contributed by atoms with Gasteiger partial charge in [-0.1, -0.05) is 0 Å². The van der Waals surface area contributed by atoms with Crippen LogP contribution in [-0.4, -0.2) is 46.9 Å². The van der Waals surface area contributed by atoms with Crippen LogP contribution in [0.5, 0.6) is 0 Å². The van der Waals surface area contributed by atoms with Crippen LogP contribution in [0, 0.1) is 0 Å². The van der Waals surface area contributed by atoms with Gasteiger partial charge < -0.3 is 10.6 Å². The average molecular weight is 248 g/mol. The summed E-state index contributed by atoms with van der Waals surface area (Å²) < 4.78 is 0. The molecule has 1 aromatic rings. The summed E-state index contributed by atoms with van der Waals surface area (Å²) in [4.78, 5) is 19.6. The molecule has 0 atom stereocenters. The topological polar surface area (TPSA) is 62.5 Å². The second-order valence-corrected chi connectivity index (χ2v) is 4.72. The Morgan fingerprint density at radius 3 is 2.94 bits per heavy atom. The zero-order chi connectivity index (χ0) is 13.0. The first-order valence-corrected chi connectivity index (χ1v) is 6.33. The third-order valence-electron chi connectivity index (χ3n) is 3.29. The number of carbonyl (C=O) groups excluding carboxylic acids is 1. The van der Waals surface area contributed by atoms with E-state index in [-0.39, 0.29) is 5.91 Å². The minimum absolute atomic E-state index is 0.171. The number of anilines is 1. The Hall–Kier alpha value is -1.62. The number of rotatable bonds is 2. The second kappa shape index (κ2) is 5.82. The number of hydrogen-bond acceptors (Lipinski definition) is 4. The summed E-state index contributed by atoms with van der Waals surface area (Å²) >= 11 is 0. The third-order valence-corrected chi connectivity index (χ3v) is 3.29. The monoisotopic (exact) mass is 248 g/mol. The molecule has 0 aliphatic carbocycles. The van der Waals surface area contributed by atoms with Crippen LogP contribution in [0.2, 0.25) is 0 Å². The molecule has 0 bridgehead atoms. The van der Waals surface area contributed by atoms with Gasteiger partial charge in [-0.05, 0) is 24.1 Å². The van der Waals surface area contributed by atoms with Gasteiger partial charge in [-0.25, -0.2) is 4.98 Å². The number of nitrogen functional groups attached to an aromatic ring is 1. The summed E-state index contributed by atoms with van der Waals surface area (Å²) in [7, 11) is 0. The van der Waals surface area contributed by atoms with Gasteiger partial charge in [0.1, 0.15) is 5.82 Å². The Morgan fingerprint density at radius 2 is 2.22 bits per heavy atom. The van der Waals surface area contributed by atoms with Crippen molar-refractivity contribution in [2.75, 3.05) is 31.9 Å². The Labute approximate surface area is 108 Å². The number of aromatic nitrogens is 1. The summed E-state index contributed by atoms with van der Waals surface area (Å²) in [6, 6.07) is 3.90. The highest BCUT2D eigenvalue weighted by Gasteiger charge is 2.16. The van der Waals surface area contributed by atoms with E-state index in [1.54, 1.807) is 13.1 Å². The second-order valence-electron chi connectivity index (χ2n) is 4.72. The molecular weight excluding hydrogens is 228 g/mol. The maximum Gasteiger partial charge on any atom is 0.219 e. The molecule has 0 unspecified atom stereocenters. The highest BCUT2D eigenvalue weighted by molar-refractivity contribution is 5.73. The quantitative estimate of drug-likeness (QED) is 0.837. The molecule has 1 saturated heterocycles. The number of nitrogens with two attached hydrogens (primary N) is 1. The van der Waals surface area contributed by atoms with Gasteiger partial charge in [0.05, 0.1) is 0 Å². The van der Waals surface area contributed by atoms with E-state index in [1.807, 2.05) is 17.0 Å². The lowest BCUT2D eigenvalue weighted by Gasteiger charge is -2.21. The normalized spacial score (nSPS) is 17.5. The van der Waals surface area contributed by atoms with E-state index >= 15 is 0 Å². The van der Waals surface area contributed by atoms with Gasteiger partial charge in [0, 0.05) is 45.8 Å². The van der Waals surface area contributed by atoms with Crippen LogP contribution in [0.1, 0.15) is 18.9 Å². The van der Waals surface area contributed by atoms with Crippen LogP contribution in [0.4, 0.5) is 5.82 Å². The fourth-order valence-electron chi connectivity index (χ4n) is 2.29. The molecule has 2 heterocycles. The summed E-state index contributed by atoms with van der Waals surface area (Å²) in [5, 5.41) is 0. The predicted molar refractivity (Wildman–Crippen MR) is 70.8 cm³/mol. The molecule has 0 radical (unpaired) electrons. The first-order chi connectivity index (χ1) is 8.65.